The van der Waals surface area contributed by atoms with Crippen molar-refractivity contribution in [3.63, 3.8) is 0 Å². The van der Waals surface area contributed by atoms with E-state index >= 15 is 0 Å². The van der Waals surface area contributed by atoms with Crippen LogP contribution < -0.4 is 0 Å². The Kier molecular flexibility index (Phi) is 3.96. The summed E-state index contributed by atoms with van der Waals surface area (Å²) in [4.78, 5) is 38.8. The van der Waals surface area contributed by atoms with E-state index in [-0.39, 0.29) is 23.9 Å². The van der Waals surface area contributed by atoms with Crippen LogP contribution in [-0.4, -0.2) is 47.6 Å². The summed E-state index contributed by atoms with van der Waals surface area (Å²) >= 11 is 5.57. The highest BCUT2D eigenvalue weighted by atomic mass is 35.5. The predicted octanol–water partition coefficient (Wildman–Crippen LogP) is 0.871. The predicted molar refractivity (Wildman–Crippen MR) is 62.6 cm³/mol. The topological polar surface area (TPSA) is 85.8 Å². The first kappa shape index (κ1) is 13.3. The van der Waals surface area contributed by atoms with Crippen molar-refractivity contribution in [1.82, 2.24) is 9.88 Å². The van der Waals surface area contributed by atoms with Crippen molar-refractivity contribution in [2.75, 3.05) is 19.8 Å². The summed E-state index contributed by atoms with van der Waals surface area (Å²) in [6, 6.07) is 2.85. The molecule has 0 saturated carbocycles. The molecule has 0 unspecified atom stereocenters. The lowest BCUT2D eigenvalue weighted by Crippen LogP contribution is -2.35. The molecule has 2 rings (SSSR count). The van der Waals surface area contributed by atoms with Gasteiger partial charge in [-0.15, -0.1) is 0 Å². The highest BCUT2D eigenvalue weighted by molar-refractivity contribution is 6.29. The monoisotopic (exact) mass is 284 g/mol. The third kappa shape index (κ3) is 3.19. The Morgan fingerprint density at radius 1 is 1.47 bits per heavy atom. The van der Waals surface area contributed by atoms with Gasteiger partial charge in [-0.3, -0.25) is 4.79 Å². The lowest BCUT2D eigenvalue weighted by molar-refractivity contribution is -0.131. The van der Waals surface area contributed by atoms with Crippen LogP contribution in [0.2, 0.25) is 5.15 Å². The largest absolute Gasteiger partial charge is 0.452 e. The van der Waals surface area contributed by atoms with Gasteiger partial charge in [-0.1, -0.05) is 11.6 Å². The number of carbonyl (C=O) groups is 3. The molecule has 0 aromatic carbocycles. The number of halogens is 1. The molecule has 1 fully saturated rings. The van der Waals surface area contributed by atoms with E-state index in [0.29, 0.717) is 0 Å². The second-order valence-electron chi connectivity index (χ2n) is 3.61. The number of hydrogen-bond donors (Lipinski definition) is 0. The molecule has 2 amide bonds. The molecule has 0 radical (unpaired) electrons. The lowest BCUT2D eigenvalue weighted by Gasteiger charge is -2.10. The minimum atomic E-state index is -0.728. The van der Waals surface area contributed by atoms with E-state index in [1.165, 1.54) is 18.3 Å². The maximum Gasteiger partial charge on any atom is 0.416 e. The Morgan fingerprint density at radius 3 is 2.84 bits per heavy atom. The lowest BCUT2D eigenvalue weighted by atomic mass is 10.3. The summed E-state index contributed by atoms with van der Waals surface area (Å²) in [6.45, 7) is -0.214. The standard InChI is InChI=1S/C11H9ClN2O5/c12-8-2-1-7(5-13-8)10(16)19-6-9(15)14-3-4-18-11(14)17/h1-2,5H,3-4,6H2. The number of esters is 1. The molecular weight excluding hydrogens is 276 g/mol. The Bertz CT molecular complexity index is 516. The van der Waals surface area contributed by atoms with Crippen molar-refractivity contribution in [1.29, 1.82) is 0 Å². The molecule has 100 valence electrons. The summed E-state index contributed by atoms with van der Waals surface area (Å²) < 4.78 is 9.36. The third-order valence-electron chi connectivity index (χ3n) is 2.35. The van der Waals surface area contributed by atoms with Gasteiger partial charge >= 0.3 is 12.1 Å². The molecule has 0 bridgehead atoms. The quantitative estimate of drug-likeness (QED) is 0.605. The molecule has 0 N–H and O–H groups in total. The molecule has 7 nitrogen and oxygen atoms in total. The summed E-state index contributed by atoms with van der Waals surface area (Å²) in [5, 5.41) is 0.243. The summed E-state index contributed by atoms with van der Waals surface area (Å²) in [6.07, 6.45) is 0.508. The van der Waals surface area contributed by atoms with Gasteiger partial charge in [0.2, 0.25) is 0 Å². The molecule has 1 aliphatic heterocycles. The molecule has 0 aliphatic carbocycles. The minimum Gasteiger partial charge on any atom is -0.452 e. The molecule has 0 spiro atoms. The van der Waals surface area contributed by atoms with Crippen LogP contribution >= 0.6 is 11.6 Å². The van der Waals surface area contributed by atoms with Crippen LogP contribution in [0.3, 0.4) is 0 Å². The van der Waals surface area contributed by atoms with Gasteiger partial charge in [0.15, 0.2) is 6.61 Å². The molecular formula is C11H9ClN2O5. The molecule has 1 aromatic heterocycles. The number of amides is 2. The zero-order chi connectivity index (χ0) is 13.8. The number of imide groups is 1. The van der Waals surface area contributed by atoms with Crippen LogP contribution in [0.4, 0.5) is 4.79 Å². The van der Waals surface area contributed by atoms with E-state index < -0.39 is 24.6 Å². The van der Waals surface area contributed by atoms with Gasteiger partial charge in [0.1, 0.15) is 11.8 Å². The number of nitrogens with zero attached hydrogens (tertiary/aromatic N) is 2. The molecule has 8 heteroatoms. The van der Waals surface area contributed by atoms with Crippen molar-refractivity contribution in [2.24, 2.45) is 0 Å². The van der Waals surface area contributed by atoms with Crippen LogP contribution in [0.25, 0.3) is 0 Å². The van der Waals surface area contributed by atoms with Crippen LogP contribution in [0.15, 0.2) is 18.3 Å². The number of ether oxygens (including phenoxy) is 2. The second-order valence-corrected chi connectivity index (χ2v) is 3.99. The van der Waals surface area contributed by atoms with Crippen molar-refractivity contribution in [2.45, 2.75) is 0 Å². The van der Waals surface area contributed by atoms with E-state index in [4.69, 9.17) is 16.3 Å². The van der Waals surface area contributed by atoms with Crippen LogP contribution in [0.1, 0.15) is 10.4 Å². The normalized spacial score (nSPS) is 14.2. The summed E-state index contributed by atoms with van der Waals surface area (Å²) in [7, 11) is 0. The molecule has 2 heterocycles. The van der Waals surface area contributed by atoms with E-state index in [9.17, 15) is 14.4 Å². The third-order valence-corrected chi connectivity index (χ3v) is 2.58. The van der Waals surface area contributed by atoms with Crippen molar-refractivity contribution in [3.05, 3.63) is 29.0 Å². The van der Waals surface area contributed by atoms with Crippen LogP contribution in [0, 0.1) is 0 Å². The van der Waals surface area contributed by atoms with Gasteiger partial charge in [0, 0.05) is 6.20 Å². The fourth-order valence-electron chi connectivity index (χ4n) is 1.41. The SMILES string of the molecule is O=C(OCC(=O)N1CCOC1=O)c1ccc(Cl)nc1. The Morgan fingerprint density at radius 2 is 2.26 bits per heavy atom. The van der Waals surface area contributed by atoms with Crippen LogP contribution in [0.5, 0.6) is 0 Å². The van der Waals surface area contributed by atoms with Crippen LogP contribution in [-0.2, 0) is 14.3 Å². The summed E-state index contributed by atoms with van der Waals surface area (Å²) in [5.41, 5.74) is 0.168. The highest BCUT2D eigenvalue weighted by Crippen LogP contribution is 2.08. The Balaban J connectivity index is 1.88. The Labute approximate surface area is 113 Å². The highest BCUT2D eigenvalue weighted by Gasteiger charge is 2.29. The van der Waals surface area contributed by atoms with Gasteiger partial charge in [-0.2, -0.15) is 0 Å². The molecule has 19 heavy (non-hydrogen) atoms. The first-order valence-corrected chi connectivity index (χ1v) is 5.71. The van der Waals surface area contributed by atoms with Gasteiger partial charge in [-0.25, -0.2) is 19.5 Å². The number of pyridine rings is 1. The maximum absolute atomic E-state index is 11.6. The van der Waals surface area contributed by atoms with Gasteiger partial charge in [-0.05, 0) is 12.1 Å². The average Bonchev–Trinajstić information content (AvgIpc) is 2.83. The van der Waals surface area contributed by atoms with Crippen molar-refractivity contribution < 1.29 is 23.9 Å². The van der Waals surface area contributed by atoms with Gasteiger partial charge < -0.3 is 9.47 Å². The van der Waals surface area contributed by atoms with Gasteiger partial charge in [0.05, 0.1) is 12.1 Å². The minimum absolute atomic E-state index is 0.152. The first-order valence-electron chi connectivity index (χ1n) is 5.34. The fourth-order valence-corrected chi connectivity index (χ4v) is 1.52. The van der Waals surface area contributed by atoms with E-state index in [1.807, 2.05) is 0 Å². The van der Waals surface area contributed by atoms with E-state index in [1.54, 1.807) is 0 Å². The molecule has 1 aliphatic rings. The van der Waals surface area contributed by atoms with Gasteiger partial charge in [0.25, 0.3) is 5.91 Å². The van der Waals surface area contributed by atoms with E-state index in [2.05, 4.69) is 9.72 Å². The number of cyclic esters (lactones) is 1. The fraction of sp³-hybridized carbons (Fsp3) is 0.273. The smallest absolute Gasteiger partial charge is 0.416 e. The average molecular weight is 285 g/mol. The number of hydrogen-bond acceptors (Lipinski definition) is 6. The second kappa shape index (κ2) is 5.66. The zero-order valence-electron chi connectivity index (χ0n) is 9.67. The van der Waals surface area contributed by atoms with E-state index in [0.717, 1.165) is 4.90 Å². The number of rotatable bonds is 3. The number of aromatic nitrogens is 1. The zero-order valence-corrected chi connectivity index (χ0v) is 10.4. The number of carbonyl (C=O) groups excluding carboxylic acids is 3. The molecule has 1 aromatic rings. The molecule has 1 saturated heterocycles. The van der Waals surface area contributed by atoms with Crippen molar-refractivity contribution >= 4 is 29.6 Å². The maximum atomic E-state index is 11.6. The first-order chi connectivity index (χ1) is 9.08. The molecule has 0 atom stereocenters. The van der Waals surface area contributed by atoms with Crippen molar-refractivity contribution in [3.8, 4) is 0 Å². The summed E-state index contributed by atoms with van der Waals surface area (Å²) in [5.74, 6) is -1.34. The Hall–Kier alpha value is -2.15.